The van der Waals surface area contributed by atoms with Crippen molar-refractivity contribution in [3.05, 3.63) is 23.8 Å². The van der Waals surface area contributed by atoms with E-state index in [1.54, 1.807) is 6.07 Å². The lowest BCUT2D eigenvalue weighted by molar-refractivity contribution is -0.120. The topological polar surface area (TPSA) is 64.3 Å². The number of amides is 1. The van der Waals surface area contributed by atoms with Crippen molar-refractivity contribution in [2.75, 3.05) is 24.3 Å². The molecular weight excluding hydrogens is 252 g/mol. The third-order valence-electron chi connectivity index (χ3n) is 3.15. The number of benzene rings is 1. The molecule has 1 aromatic rings. The van der Waals surface area contributed by atoms with Crippen LogP contribution >= 0.6 is 0 Å². The number of nitrogens with one attached hydrogen (secondary N) is 1. The first-order chi connectivity index (χ1) is 9.63. The molecular formula is C16H26N2O2. The van der Waals surface area contributed by atoms with Gasteiger partial charge in [0.2, 0.25) is 5.91 Å². The van der Waals surface area contributed by atoms with E-state index < -0.39 is 0 Å². The Balaban J connectivity index is 2.17. The van der Waals surface area contributed by atoms with Gasteiger partial charge in [-0.1, -0.05) is 32.6 Å². The first-order valence-corrected chi connectivity index (χ1v) is 7.37. The van der Waals surface area contributed by atoms with Crippen LogP contribution in [0, 0.1) is 6.92 Å². The van der Waals surface area contributed by atoms with Gasteiger partial charge in [-0.05, 0) is 37.1 Å². The van der Waals surface area contributed by atoms with Crippen molar-refractivity contribution >= 4 is 17.3 Å². The molecule has 4 nitrogen and oxygen atoms in total. The fraction of sp³-hybridized carbons (Fsp3) is 0.562. The van der Waals surface area contributed by atoms with Gasteiger partial charge in [0.15, 0.2) is 0 Å². The highest BCUT2D eigenvalue weighted by Gasteiger charge is 2.05. The number of carbonyl (C=O) groups is 1. The zero-order chi connectivity index (χ0) is 14.8. The van der Waals surface area contributed by atoms with Crippen LogP contribution in [-0.4, -0.2) is 19.1 Å². The molecule has 0 heterocycles. The molecule has 112 valence electrons. The van der Waals surface area contributed by atoms with E-state index in [2.05, 4.69) is 12.2 Å². The van der Waals surface area contributed by atoms with Crippen molar-refractivity contribution in [3.8, 4) is 0 Å². The molecule has 0 aromatic heterocycles. The average Bonchev–Trinajstić information content (AvgIpc) is 2.41. The lowest BCUT2D eigenvalue weighted by atomic mass is 10.2. The number of hydrogen-bond acceptors (Lipinski definition) is 3. The van der Waals surface area contributed by atoms with Crippen molar-refractivity contribution in [1.29, 1.82) is 0 Å². The van der Waals surface area contributed by atoms with Crippen molar-refractivity contribution in [2.24, 2.45) is 0 Å². The maximum absolute atomic E-state index is 11.7. The fourth-order valence-corrected chi connectivity index (χ4v) is 1.99. The molecule has 0 aliphatic heterocycles. The lowest BCUT2D eigenvalue weighted by Crippen LogP contribution is -2.19. The first kappa shape index (κ1) is 16.5. The first-order valence-electron chi connectivity index (χ1n) is 7.37. The molecule has 20 heavy (non-hydrogen) atoms. The van der Waals surface area contributed by atoms with Crippen LogP contribution in [-0.2, 0) is 9.53 Å². The summed E-state index contributed by atoms with van der Waals surface area (Å²) in [6.07, 6.45) is 5.96. The molecule has 0 atom stereocenters. The van der Waals surface area contributed by atoms with E-state index in [0.29, 0.717) is 12.3 Å². The summed E-state index contributed by atoms with van der Waals surface area (Å²) in [7, 11) is 0. The molecule has 3 N–H and O–H groups in total. The van der Waals surface area contributed by atoms with Gasteiger partial charge in [0, 0.05) is 18.0 Å². The van der Waals surface area contributed by atoms with Crippen molar-refractivity contribution in [2.45, 2.75) is 46.0 Å². The SMILES string of the molecule is CCCCCCCOCC(=O)Nc1ccc(N)cc1C. The molecule has 0 radical (unpaired) electrons. The Bertz CT molecular complexity index is 419. The van der Waals surface area contributed by atoms with Gasteiger partial charge in [-0.3, -0.25) is 4.79 Å². The molecule has 1 aromatic carbocycles. The minimum absolute atomic E-state index is 0.109. The quantitative estimate of drug-likeness (QED) is 0.536. The van der Waals surface area contributed by atoms with E-state index in [4.69, 9.17) is 10.5 Å². The number of nitrogens with two attached hydrogens (primary N) is 1. The van der Waals surface area contributed by atoms with Crippen LogP contribution in [0.5, 0.6) is 0 Å². The number of nitrogen functional groups attached to an aromatic ring is 1. The molecule has 0 aliphatic carbocycles. The number of carbonyl (C=O) groups excluding carboxylic acids is 1. The molecule has 4 heteroatoms. The molecule has 0 unspecified atom stereocenters. The van der Waals surface area contributed by atoms with E-state index in [1.807, 2.05) is 19.1 Å². The van der Waals surface area contributed by atoms with Gasteiger partial charge in [-0.2, -0.15) is 0 Å². The molecule has 1 rings (SSSR count). The van der Waals surface area contributed by atoms with Gasteiger partial charge in [-0.15, -0.1) is 0 Å². The third kappa shape index (κ3) is 6.57. The number of rotatable bonds is 9. The number of anilines is 2. The lowest BCUT2D eigenvalue weighted by Gasteiger charge is -2.09. The zero-order valence-corrected chi connectivity index (χ0v) is 12.6. The van der Waals surface area contributed by atoms with E-state index >= 15 is 0 Å². The normalized spacial score (nSPS) is 10.5. The van der Waals surface area contributed by atoms with Gasteiger partial charge >= 0.3 is 0 Å². The van der Waals surface area contributed by atoms with Gasteiger partial charge in [0.25, 0.3) is 0 Å². The standard InChI is InChI=1S/C16H26N2O2/c1-3-4-5-6-7-10-20-12-16(19)18-15-9-8-14(17)11-13(15)2/h8-9,11H,3-7,10,12,17H2,1-2H3,(H,18,19). The van der Waals surface area contributed by atoms with Crippen LogP contribution in [0.1, 0.15) is 44.6 Å². The van der Waals surface area contributed by atoms with Crippen LogP contribution < -0.4 is 11.1 Å². The predicted octanol–water partition coefficient (Wildman–Crippen LogP) is 3.50. The van der Waals surface area contributed by atoms with E-state index in [9.17, 15) is 4.79 Å². The van der Waals surface area contributed by atoms with Crippen LogP contribution in [0.15, 0.2) is 18.2 Å². The van der Waals surface area contributed by atoms with Gasteiger partial charge < -0.3 is 15.8 Å². The summed E-state index contributed by atoms with van der Waals surface area (Å²) in [5.41, 5.74) is 8.11. The van der Waals surface area contributed by atoms with Crippen LogP contribution in [0.4, 0.5) is 11.4 Å². The van der Waals surface area contributed by atoms with E-state index in [0.717, 1.165) is 17.7 Å². The third-order valence-corrected chi connectivity index (χ3v) is 3.15. The molecule has 0 aliphatic rings. The Morgan fingerprint density at radius 2 is 2.00 bits per heavy atom. The molecule has 0 bridgehead atoms. The highest BCUT2D eigenvalue weighted by Crippen LogP contribution is 2.17. The second kappa shape index (κ2) is 9.37. The van der Waals surface area contributed by atoms with Gasteiger partial charge in [0.1, 0.15) is 6.61 Å². The van der Waals surface area contributed by atoms with Crippen molar-refractivity contribution in [1.82, 2.24) is 0 Å². The van der Waals surface area contributed by atoms with Crippen LogP contribution in [0.2, 0.25) is 0 Å². The fourth-order valence-electron chi connectivity index (χ4n) is 1.99. The second-order valence-electron chi connectivity index (χ2n) is 5.09. The summed E-state index contributed by atoms with van der Waals surface area (Å²) in [4.78, 5) is 11.7. The monoisotopic (exact) mass is 278 g/mol. The number of aryl methyl sites for hydroxylation is 1. The van der Waals surface area contributed by atoms with Crippen LogP contribution in [0.25, 0.3) is 0 Å². The molecule has 0 spiro atoms. The molecule has 0 saturated carbocycles. The van der Waals surface area contributed by atoms with Crippen molar-refractivity contribution < 1.29 is 9.53 Å². The smallest absolute Gasteiger partial charge is 0.250 e. The minimum Gasteiger partial charge on any atom is -0.399 e. The summed E-state index contributed by atoms with van der Waals surface area (Å²) in [5.74, 6) is -0.119. The number of hydrogen-bond donors (Lipinski definition) is 2. The van der Waals surface area contributed by atoms with Crippen LogP contribution in [0.3, 0.4) is 0 Å². The maximum Gasteiger partial charge on any atom is 0.250 e. The number of ether oxygens (including phenoxy) is 1. The second-order valence-corrected chi connectivity index (χ2v) is 5.09. The zero-order valence-electron chi connectivity index (χ0n) is 12.6. The average molecular weight is 278 g/mol. The Hall–Kier alpha value is -1.55. The summed E-state index contributed by atoms with van der Waals surface area (Å²) >= 11 is 0. The van der Waals surface area contributed by atoms with E-state index in [-0.39, 0.29) is 12.5 Å². The van der Waals surface area contributed by atoms with Gasteiger partial charge in [-0.25, -0.2) is 0 Å². The summed E-state index contributed by atoms with van der Waals surface area (Å²) in [6, 6.07) is 5.43. The largest absolute Gasteiger partial charge is 0.399 e. The summed E-state index contributed by atoms with van der Waals surface area (Å²) in [6.45, 7) is 4.87. The maximum atomic E-state index is 11.7. The predicted molar refractivity (Wildman–Crippen MR) is 83.8 cm³/mol. The Labute approximate surface area is 121 Å². The summed E-state index contributed by atoms with van der Waals surface area (Å²) in [5, 5.41) is 2.83. The minimum atomic E-state index is -0.119. The highest BCUT2D eigenvalue weighted by molar-refractivity contribution is 5.92. The Morgan fingerprint density at radius 3 is 2.70 bits per heavy atom. The summed E-state index contributed by atoms with van der Waals surface area (Å²) < 4.78 is 5.37. The Kier molecular flexibility index (Phi) is 7.73. The number of unbranched alkanes of at least 4 members (excludes halogenated alkanes) is 4. The van der Waals surface area contributed by atoms with Gasteiger partial charge in [0.05, 0.1) is 0 Å². The molecule has 0 fully saturated rings. The van der Waals surface area contributed by atoms with Crippen molar-refractivity contribution in [3.63, 3.8) is 0 Å². The van der Waals surface area contributed by atoms with E-state index in [1.165, 1.54) is 25.7 Å². The highest BCUT2D eigenvalue weighted by atomic mass is 16.5. The molecule has 0 saturated heterocycles. The molecule has 1 amide bonds. The Morgan fingerprint density at radius 1 is 1.25 bits per heavy atom.